The Labute approximate surface area is 282 Å². The van der Waals surface area contributed by atoms with Crippen LogP contribution in [-0.4, -0.2) is 63.6 Å². The van der Waals surface area contributed by atoms with Gasteiger partial charge in [0.05, 0.1) is 0 Å². The summed E-state index contributed by atoms with van der Waals surface area (Å²) in [5.74, 6) is -3.45. The summed E-state index contributed by atoms with van der Waals surface area (Å²) in [7, 11) is 0. The zero-order valence-corrected chi connectivity index (χ0v) is 28.1. The van der Waals surface area contributed by atoms with Crippen molar-refractivity contribution in [3.05, 3.63) is 0 Å². The van der Waals surface area contributed by atoms with E-state index in [2.05, 4.69) is 0 Å². The quantitative estimate of drug-likeness (QED) is 0.342. The summed E-state index contributed by atoms with van der Waals surface area (Å²) in [4.78, 5) is 136. The molecule has 0 aromatic carbocycles. The molecule has 0 bridgehead atoms. The normalized spacial score (nSPS) is 25.2. The molecule has 0 aromatic heterocycles. The van der Waals surface area contributed by atoms with Crippen LogP contribution < -0.4 is 0 Å². The van der Waals surface area contributed by atoms with E-state index in [1.54, 1.807) is 0 Å². The van der Waals surface area contributed by atoms with E-state index >= 15 is 0 Å². The van der Waals surface area contributed by atoms with Gasteiger partial charge < -0.3 is 0 Å². The topological polar surface area (TPSA) is 188 Å². The van der Waals surface area contributed by atoms with Crippen LogP contribution in [0, 0.1) is 11.8 Å². The number of rotatable bonds is 0. The van der Waals surface area contributed by atoms with Crippen LogP contribution in [0.2, 0.25) is 0 Å². The molecule has 2 atom stereocenters. The van der Waals surface area contributed by atoms with Gasteiger partial charge in [0, 0.05) is 140 Å². The molecule has 2 saturated carbocycles. The van der Waals surface area contributed by atoms with Gasteiger partial charge in [-0.15, -0.1) is 0 Å². The molecule has 48 heavy (non-hydrogen) atoms. The molecule has 2 aliphatic rings. The smallest absolute Gasteiger partial charge is 0.137 e. The second-order valence-electron chi connectivity index (χ2n) is 13.3. The van der Waals surface area contributed by atoms with Gasteiger partial charge in [0.2, 0.25) is 0 Å². The van der Waals surface area contributed by atoms with E-state index in [1.807, 2.05) is 0 Å². The van der Waals surface area contributed by atoms with Crippen molar-refractivity contribution in [2.75, 3.05) is 0 Å². The molecule has 0 heterocycles. The second kappa shape index (κ2) is 22.1. The molecule has 0 spiro atoms. The van der Waals surface area contributed by atoms with Crippen molar-refractivity contribution in [1.82, 2.24) is 0 Å². The highest BCUT2D eigenvalue weighted by molar-refractivity contribution is 5.96. The molecule has 2 fully saturated rings. The summed E-state index contributed by atoms with van der Waals surface area (Å²) < 4.78 is 0. The Morgan fingerprint density at radius 1 is 0.229 bits per heavy atom. The Morgan fingerprint density at radius 2 is 0.417 bits per heavy atom. The van der Waals surface area contributed by atoms with Crippen molar-refractivity contribution in [3.8, 4) is 0 Å². The molecule has 0 aliphatic heterocycles. The standard InChI is InChI=1S/C37H50O11/c38-25-3-1-4-26(39)8-10-32(45)21-23-36(47)34-5-2-6-35(34)37(48)24-22-33(46)20-19-31(44)18-17-30(43)16-15-29(42)14-13-28(41)12-11-27(40)9-7-25/h34-35H,1-24H2. The van der Waals surface area contributed by atoms with E-state index in [4.69, 9.17) is 0 Å². The number of ketones is 11. The van der Waals surface area contributed by atoms with Crippen molar-refractivity contribution in [3.63, 3.8) is 0 Å². The zero-order valence-electron chi connectivity index (χ0n) is 28.1. The SMILES string of the molecule is O=C1CCCC(=O)CCC(=O)CCC(=O)C2CCCC2C(=O)CCC(=O)CCC(=O)CCC(=O)CCC(=O)CCC(=O)CCC(=O)CC1. The largest absolute Gasteiger partial charge is 0.300 e. The van der Waals surface area contributed by atoms with Crippen molar-refractivity contribution in [2.24, 2.45) is 11.8 Å². The lowest BCUT2D eigenvalue weighted by Crippen LogP contribution is -2.26. The Bertz CT molecular complexity index is 1260. The molecule has 264 valence electrons. The minimum Gasteiger partial charge on any atom is -0.300 e. The van der Waals surface area contributed by atoms with Crippen LogP contribution in [0.1, 0.15) is 154 Å². The van der Waals surface area contributed by atoms with E-state index in [0.717, 1.165) is 0 Å². The number of hydrogen-bond acceptors (Lipinski definition) is 11. The number of carbonyl (C=O) groups excluding carboxylic acids is 11. The highest BCUT2D eigenvalue weighted by Crippen LogP contribution is 2.35. The van der Waals surface area contributed by atoms with Gasteiger partial charge in [-0.3, -0.25) is 52.7 Å². The van der Waals surface area contributed by atoms with Gasteiger partial charge in [-0.1, -0.05) is 6.42 Å². The first-order valence-electron chi connectivity index (χ1n) is 17.5. The minimum atomic E-state index is -0.495. The van der Waals surface area contributed by atoms with Crippen LogP contribution in [0.25, 0.3) is 0 Å². The van der Waals surface area contributed by atoms with Crippen molar-refractivity contribution < 1.29 is 52.7 Å². The summed E-state index contributed by atoms with van der Waals surface area (Å²) in [6.45, 7) is 0. The number of carbonyl (C=O) groups is 11. The minimum absolute atomic E-state index is 0.00457. The molecular formula is C37H50O11. The average Bonchev–Trinajstić information content (AvgIpc) is 3.56. The first-order chi connectivity index (χ1) is 22.8. The molecule has 11 nitrogen and oxygen atoms in total. The fraction of sp³-hybridized carbons (Fsp3) is 0.703. The van der Waals surface area contributed by atoms with Crippen LogP contribution in [0.4, 0.5) is 0 Å². The first-order valence-corrected chi connectivity index (χ1v) is 17.5. The van der Waals surface area contributed by atoms with Gasteiger partial charge in [0.1, 0.15) is 63.6 Å². The molecule has 0 N–H and O–H groups in total. The van der Waals surface area contributed by atoms with E-state index in [1.165, 1.54) is 0 Å². The Morgan fingerprint density at radius 3 is 0.646 bits per heavy atom. The predicted octanol–water partition coefficient (Wildman–Crippen LogP) is 4.87. The molecule has 2 unspecified atom stereocenters. The third kappa shape index (κ3) is 17.0. The molecule has 0 radical (unpaired) electrons. The Hall–Kier alpha value is -3.63. The number of fused-ring (bicyclic) bond motifs is 1. The van der Waals surface area contributed by atoms with Gasteiger partial charge in [-0.25, -0.2) is 0 Å². The third-order valence-electron chi connectivity index (χ3n) is 9.33. The average molecular weight is 671 g/mol. The van der Waals surface area contributed by atoms with Crippen LogP contribution in [0.15, 0.2) is 0 Å². The lowest BCUT2D eigenvalue weighted by Gasteiger charge is -2.17. The van der Waals surface area contributed by atoms with E-state index in [-0.39, 0.29) is 192 Å². The molecule has 11 heteroatoms. The number of hydrogen-bond donors (Lipinski definition) is 0. The van der Waals surface area contributed by atoms with E-state index < -0.39 is 11.8 Å². The maximum absolute atomic E-state index is 12.9. The van der Waals surface area contributed by atoms with Crippen LogP contribution in [0.3, 0.4) is 0 Å². The second-order valence-corrected chi connectivity index (χ2v) is 13.3. The first kappa shape index (κ1) is 40.5. The molecule has 0 amide bonds. The van der Waals surface area contributed by atoms with E-state index in [0.29, 0.717) is 25.7 Å². The summed E-state index contributed by atoms with van der Waals surface area (Å²) >= 11 is 0. The Kier molecular flexibility index (Phi) is 18.7. The molecule has 0 aromatic rings. The summed E-state index contributed by atoms with van der Waals surface area (Å²) in [5.41, 5.74) is 0. The predicted molar refractivity (Wildman–Crippen MR) is 173 cm³/mol. The van der Waals surface area contributed by atoms with Gasteiger partial charge in [-0.05, 0) is 19.3 Å². The zero-order chi connectivity index (χ0) is 35.5. The van der Waals surface area contributed by atoms with Crippen molar-refractivity contribution >= 4 is 63.6 Å². The van der Waals surface area contributed by atoms with Crippen LogP contribution in [0.5, 0.6) is 0 Å². The fourth-order valence-corrected chi connectivity index (χ4v) is 6.19. The molecule has 2 aliphatic carbocycles. The van der Waals surface area contributed by atoms with Gasteiger partial charge in [0.15, 0.2) is 0 Å². The van der Waals surface area contributed by atoms with Crippen molar-refractivity contribution in [2.45, 2.75) is 154 Å². The van der Waals surface area contributed by atoms with Gasteiger partial charge >= 0.3 is 0 Å². The highest BCUT2D eigenvalue weighted by atomic mass is 16.2. The van der Waals surface area contributed by atoms with E-state index in [9.17, 15) is 52.7 Å². The molecule has 2 rings (SSSR count). The lowest BCUT2D eigenvalue weighted by molar-refractivity contribution is -0.133. The maximum atomic E-state index is 12.9. The summed E-state index contributed by atoms with van der Waals surface area (Å²) in [6, 6.07) is 0. The monoisotopic (exact) mass is 670 g/mol. The number of Topliss-reactive ketones (excluding diaryl/α,β-unsaturated/α-hetero) is 11. The van der Waals surface area contributed by atoms with Gasteiger partial charge in [0.25, 0.3) is 0 Å². The summed E-state index contributed by atoms with van der Waals surface area (Å²) in [5, 5.41) is 0. The third-order valence-corrected chi connectivity index (χ3v) is 9.33. The lowest BCUT2D eigenvalue weighted by atomic mass is 9.84. The molecular weight excluding hydrogens is 620 g/mol. The van der Waals surface area contributed by atoms with Crippen LogP contribution in [-0.2, 0) is 52.7 Å². The highest BCUT2D eigenvalue weighted by Gasteiger charge is 2.37. The molecule has 0 saturated heterocycles. The van der Waals surface area contributed by atoms with Crippen molar-refractivity contribution in [1.29, 1.82) is 0 Å². The Balaban J connectivity index is 1.91. The fourth-order valence-electron chi connectivity index (χ4n) is 6.19. The maximum Gasteiger partial charge on any atom is 0.137 e. The van der Waals surface area contributed by atoms with Crippen LogP contribution >= 0.6 is 0 Å². The summed E-state index contributed by atoms with van der Waals surface area (Å²) in [6.07, 6.45) is 1.78. The van der Waals surface area contributed by atoms with Gasteiger partial charge in [-0.2, -0.15) is 0 Å².